The van der Waals surface area contributed by atoms with Gasteiger partial charge < -0.3 is 9.42 Å². The van der Waals surface area contributed by atoms with Crippen LogP contribution in [0.3, 0.4) is 0 Å². The third-order valence-electron chi connectivity index (χ3n) is 4.42. The summed E-state index contributed by atoms with van der Waals surface area (Å²) in [7, 11) is 0. The van der Waals surface area contributed by atoms with Crippen LogP contribution in [0.25, 0.3) is 0 Å². The Kier molecular flexibility index (Phi) is 3.53. The van der Waals surface area contributed by atoms with Gasteiger partial charge in [-0.3, -0.25) is 4.79 Å². The van der Waals surface area contributed by atoms with Crippen molar-refractivity contribution in [3.8, 4) is 0 Å². The SMILES string of the molecule is CCN(Cc1noc(C2CCC2)n1)C(=O)C1CCC1. The van der Waals surface area contributed by atoms with Crippen LogP contribution in [0, 0.1) is 5.92 Å². The van der Waals surface area contributed by atoms with E-state index in [9.17, 15) is 4.79 Å². The van der Waals surface area contributed by atoms with Crippen LogP contribution in [0.2, 0.25) is 0 Å². The zero-order valence-corrected chi connectivity index (χ0v) is 11.5. The smallest absolute Gasteiger partial charge is 0.229 e. The molecule has 1 heterocycles. The van der Waals surface area contributed by atoms with Crippen LogP contribution < -0.4 is 0 Å². The van der Waals surface area contributed by atoms with E-state index in [0.29, 0.717) is 24.8 Å². The second-order valence-corrected chi connectivity index (χ2v) is 5.66. The predicted molar refractivity (Wildman–Crippen MR) is 69.3 cm³/mol. The van der Waals surface area contributed by atoms with E-state index in [-0.39, 0.29) is 11.8 Å². The summed E-state index contributed by atoms with van der Waals surface area (Å²) in [5, 5.41) is 4.01. The first kappa shape index (κ1) is 12.6. The first-order chi connectivity index (χ1) is 9.28. The number of carbonyl (C=O) groups excluding carboxylic acids is 1. The molecule has 2 fully saturated rings. The molecule has 0 radical (unpaired) electrons. The van der Waals surface area contributed by atoms with Crippen LogP contribution in [0.4, 0.5) is 0 Å². The lowest BCUT2D eigenvalue weighted by molar-refractivity contribution is -0.138. The van der Waals surface area contributed by atoms with Gasteiger partial charge in [0.25, 0.3) is 0 Å². The fourth-order valence-corrected chi connectivity index (χ4v) is 2.58. The van der Waals surface area contributed by atoms with E-state index in [1.165, 1.54) is 12.8 Å². The summed E-state index contributed by atoms with van der Waals surface area (Å²) < 4.78 is 5.30. The largest absolute Gasteiger partial charge is 0.339 e. The molecular weight excluding hydrogens is 242 g/mol. The minimum absolute atomic E-state index is 0.234. The molecule has 19 heavy (non-hydrogen) atoms. The van der Waals surface area contributed by atoms with E-state index in [1.54, 1.807) is 0 Å². The molecule has 2 aliphatic carbocycles. The van der Waals surface area contributed by atoms with Crippen molar-refractivity contribution in [1.29, 1.82) is 0 Å². The van der Waals surface area contributed by atoms with Gasteiger partial charge in [0.2, 0.25) is 11.8 Å². The van der Waals surface area contributed by atoms with Crippen molar-refractivity contribution in [1.82, 2.24) is 15.0 Å². The molecule has 104 valence electrons. The Balaban J connectivity index is 1.61. The van der Waals surface area contributed by atoms with Crippen molar-refractivity contribution in [2.24, 2.45) is 5.92 Å². The van der Waals surface area contributed by atoms with Crippen molar-refractivity contribution >= 4 is 5.91 Å². The number of hydrogen-bond acceptors (Lipinski definition) is 4. The van der Waals surface area contributed by atoms with E-state index in [0.717, 1.165) is 31.6 Å². The second kappa shape index (κ2) is 5.31. The summed E-state index contributed by atoms with van der Waals surface area (Å²) >= 11 is 0. The maximum Gasteiger partial charge on any atom is 0.229 e. The fraction of sp³-hybridized carbons (Fsp3) is 0.786. The van der Waals surface area contributed by atoms with Gasteiger partial charge in [-0.2, -0.15) is 4.98 Å². The molecule has 2 saturated carbocycles. The van der Waals surface area contributed by atoms with Crippen LogP contribution in [0.5, 0.6) is 0 Å². The number of nitrogens with zero attached hydrogens (tertiary/aromatic N) is 3. The molecule has 0 aromatic carbocycles. The molecule has 3 rings (SSSR count). The van der Waals surface area contributed by atoms with E-state index in [4.69, 9.17) is 4.52 Å². The highest BCUT2D eigenvalue weighted by atomic mass is 16.5. The van der Waals surface area contributed by atoms with Crippen LogP contribution in [0.15, 0.2) is 4.52 Å². The summed E-state index contributed by atoms with van der Waals surface area (Å²) in [5.74, 6) is 2.35. The first-order valence-corrected chi connectivity index (χ1v) is 7.39. The lowest BCUT2D eigenvalue weighted by Crippen LogP contribution is -2.38. The minimum Gasteiger partial charge on any atom is -0.339 e. The molecule has 1 amide bonds. The van der Waals surface area contributed by atoms with E-state index in [1.807, 2.05) is 11.8 Å². The molecular formula is C14H21N3O2. The number of rotatable bonds is 5. The van der Waals surface area contributed by atoms with Gasteiger partial charge in [-0.1, -0.05) is 18.0 Å². The van der Waals surface area contributed by atoms with Crippen LogP contribution >= 0.6 is 0 Å². The normalized spacial score (nSPS) is 19.8. The van der Waals surface area contributed by atoms with Crippen molar-refractivity contribution in [3.05, 3.63) is 11.7 Å². The molecule has 0 spiro atoms. The number of aromatic nitrogens is 2. The maximum absolute atomic E-state index is 12.2. The Morgan fingerprint density at radius 1 is 1.32 bits per heavy atom. The first-order valence-electron chi connectivity index (χ1n) is 7.39. The highest BCUT2D eigenvalue weighted by molar-refractivity contribution is 5.79. The van der Waals surface area contributed by atoms with Crippen molar-refractivity contribution < 1.29 is 9.32 Å². The lowest BCUT2D eigenvalue weighted by atomic mass is 9.84. The molecule has 0 aliphatic heterocycles. The quantitative estimate of drug-likeness (QED) is 0.819. The third-order valence-corrected chi connectivity index (χ3v) is 4.42. The van der Waals surface area contributed by atoms with Crippen LogP contribution in [-0.4, -0.2) is 27.5 Å². The molecule has 0 unspecified atom stereocenters. The molecule has 0 bridgehead atoms. The highest BCUT2D eigenvalue weighted by Gasteiger charge is 2.30. The molecule has 0 N–H and O–H groups in total. The monoisotopic (exact) mass is 263 g/mol. The van der Waals surface area contributed by atoms with Gasteiger partial charge in [0.05, 0.1) is 6.54 Å². The number of hydrogen-bond donors (Lipinski definition) is 0. The van der Waals surface area contributed by atoms with Crippen molar-refractivity contribution in [3.63, 3.8) is 0 Å². The average Bonchev–Trinajstić information content (AvgIpc) is 2.69. The molecule has 2 aliphatic rings. The summed E-state index contributed by atoms with van der Waals surface area (Å²) in [6, 6.07) is 0. The van der Waals surface area contributed by atoms with Gasteiger partial charge in [-0.05, 0) is 32.6 Å². The molecule has 5 heteroatoms. The number of carbonyl (C=O) groups is 1. The van der Waals surface area contributed by atoms with Gasteiger partial charge in [-0.15, -0.1) is 0 Å². The molecule has 0 atom stereocenters. The highest BCUT2D eigenvalue weighted by Crippen LogP contribution is 2.35. The Morgan fingerprint density at radius 3 is 2.58 bits per heavy atom. The second-order valence-electron chi connectivity index (χ2n) is 5.66. The zero-order valence-electron chi connectivity index (χ0n) is 11.5. The van der Waals surface area contributed by atoms with E-state index in [2.05, 4.69) is 10.1 Å². The Hall–Kier alpha value is -1.39. The van der Waals surface area contributed by atoms with Gasteiger partial charge in [0, 0.05) is 18.4 Å². The number of amides is 1. The van der Waals surface area contributed by atoms with Crippen LogP contribution in [-0.2, 0) is 11.3 Å². The Bertz CT molecular complexity index is 449. The maximum atomic E-state index is 12.2. The Morgan fingerprint density at radius 2 is 2.05 bits per heavy atom. The molecule has 5 nitrogen and oxygen atoms in total. The van der Waals surface area contributed by atoms with E-state index >= 15 is 0 Å². The zero-order chi connectivity index (χ0) is 13.2. The fourth-order valence-electron chi connectivity index (χ4n) is 2.58. The van der Waals surface area contributed by atoms with Gasteiger partial charge in [0.15, 0.2) is 5.82 Å². The molecule has 0 saturated heterocycles. The van der Waals surface area contributed by atoms with Crippen LogP contribution in [0.1, 0.15) is 63.1 Å². The third kappa shape index (κ3) is 2.51. The summed E-state index contributed by atoms with van der Waals surface area (Å²) in [6.07, 6.45) is 6.82. The van der Waals surface area contributed by atoms with Gasteiger partial charge in [0.1, 0.15) is 0 Å². The van der Waals surface area contributed by atoms with E-state index < -0.39 is 0 Å². The Labute approximate surface area is 113 Å². The topological polar surface area (TPSA) is 59.2 Å². The summed E-state index contributed by atoms with van der Waals surface area (Å²) in [6.45, 7) is 3.20. The van der Waals surface area contributed by atoms with Gasteiger partial charge in [-0.25, -0.2) is 0 Å². The lowest BCUT2D eigenvalue weighted by Gasteiger charge is -2.30. The minimum atomic E-state index is 0.234. The average molecular weight is 263 g/mol. The molecule has 1 aromatic rings. The standard InChI is InChI=1S/C14H21N3O2/c1-2-17(14(18)11-7-4-8-11)9-12-15-13(19-16-12)10-5-3-6-10/h10-11H,2-9H2,1H3. The predicted octanol–water partition coefficient (Wildman–Crippen LogP) is 2.49. The van der Waals surface area contributed by atoms with Crippen molar-refractivity contribution in [2.45, 2.75) is 57.9 Å². The van der Waals surface area contributed by atoms with Gasteiger partial charge >= 0.3 is 0 Å². The van der Waals surface area contributed by atoms with Crippen molar-refractivity contribution in [2.75, 3.05) is 6.54 Å². The molecule has 1 aromatic heterocycles. The summed E-state index contributed by atoms with van der Waals surface area (Å²) in [5.41, 5.74) is 0. The summed E-state index contributed by atoms with van der Waals surface area (Å²) in [4.78, 5) is 18.5.